The van der Waals surface area contributed by atoms with Gasteiger partial charge in [0.2, 0.25) is 11.8 Å². The highest BCUT2D eigenvalue weighted by Crippen LogP contribution is 2.37. The number of hydrogen-bond acceptors (Lipinski definition) is 7. The van der Waals surface area contributed by atoms with E-state index in [2.05, 4.69) is 5.32 Å². The van der Waals surface area contributed by atoms with Crippen LogP contribution >= 0.6 is 0 Å². The van der Waals surface area contributed by atoms with Crippen LogP contribution in [0.25, 0.3) is 0 Å². The molecule has 2 amide bonds. The van der Waals surface area contributed by atoms with Crippen LogP contribution in [0.3, 0.4) is 0 Å². The molecule has 182 valence electrons. The Morgan fingerprint density at radius 1 is 1.21 bits per heavy atom. The summed E-state index contributed by atoms with van der Waals surface area (Å²) in [6, 6.07) is 8.83. The van der Waals surface area contributed by atoms with E-state index in [1.54, 1.807) is 29.2 Å². The first-order valence-corrected chi connectivity index (χ1v) is 11.0. The van der Waals surface area contributed by atoms with Crippen molar-refractivity contribution in [2.24, 2.45) is 0 Å². The third-order valence-corrected chi connectivity index (χ3v) is 5.62. The van der Waals surface area contributed by atoms with Crippen LogP contribution in [0.5, 0.6) is 11.5 Å². The highest BCUT2D eigenvalue weighted by atomic mass is 16.6. The normalized spacial score (nSPS) is 15.0. The zero-order chi connectivity index (χ0) is 24.7. The fourth-order valence-electron chi connectivity index (χ4n) is 3.99. The topological polar surface area (TPSA) is 120 Å². The number of nitrogens with zero attached hydrogens (tertiary/aromatic N) is 2. The Bertz CT molecular complexity index is 1060. The maximum Gasteiger partial charge on any atom is 0.269 e. The zero-order valence-corrected chi connectivity index (χ0v) is 19.5. The molecule has 2 aromatic carbocycles. The number of fused-ring (bicyclic) bond motifs is 1. The zero-order valence-electron chi connectivity index (χ0n) is 19.5. The molecule has 1 heterocycles. The first-order chi connectivity index (χ1) is 16.4. The van der Waals surface area contributed by atoms with Crippen molar-refractivity contribution in [3.63, 3.8) is 0 Å². The molecule has 0 aromatic heterocycles. The van der Waals surface area contributed by atoms with E-state index in [1.807, 2.05) is 6.92 Å². The van der Waals surface area contributed by atoms with Crippen LogP contribution in [-0.4, -0.2) is 50.7 Å². The summed E-state index contributed by atoms with van der Waals surface area (Å²) >= 11 is 0. The fraction of sp³-hybridized carbons (Fsp3) is 0.417. The second-order valence-corrected chi connectivity index (χ2v) is 7.77. The van der Waals surface area contributed by atoms with Gasteiger partial charge < -0.3 is 24.4 Å². The lowest BCUT2D eigenvalue weighted by atomic mass is 9.94. The SMILES string of the molecule is CCOCCCN1C(=O)CC(NC(=O)Cc2cc(OC)ccc2OC)c2cc([N+](=O)[O-])ccc21. The monoisotopic (exact) mass is 471 g/mol. The minimum atomic E-state index is -0.686. The first-order valence-electron chi connectivity index (χ1n) is 11.0. The molecule has 1 aliphatic heterocycles. The predicted molar refractivity (Wildman–Crippen MR) is 125 cm³/mol. The van der Waals surface area contributed by atoms with Crippen molar-refractivity contribution in [1.82, 2.24) is 5.32 Å². The number of nitro groups is 1. The molecule has 0 spiro atoms. The molecule has 0 fully saturated rings. The summed E-state index contributed by atoms with van der Waals surface area (Å²) in [6.45, 7) is 3.41. The number of hydrogen-bond donors (Lipinski definition) is 1. The maximum absolute atomic E-state index is 12.9. The number of methoxy groups -OCH3 is 2. The second-order valence-electron chi connectivity index (χ2n) is 7.77. The summed E-state index contributed by atoms with van der Waals surface area (Å²) in [5.41, 5.74) is 1.62. The molecular weight excluding hydrogens is 442 g/mol. The standard InChI is InChI=1S/C24H29N3O7/c1-4-34-11-5-10-26-21-8-6-17(27(30)31)14-19(21)20(15-24(26)29)25-23(28)13-16-12-18(32-2)7-9-22(16)33-3/h6-9,12,14,20H,4-5,10-11,13,15H2,1-3H3,(H,25,28). The van der Waals surface area contributed by atoms with E-state index in [9.17, 15) is 19.7 Å². The lowest BCUT2D eigenvalue weighted by molar-refractivity contribution is -0.384. The number of benzene rings is 2. The Labute approximate surface area is 197 Å². The average Bonchev–Trinajstić information content (AvgIpc) is 2.82. The Kier molecular flexibility index (Phi) is 8.42. The molecule has 0 bridgehead atoms. The van der Waals surface area contributed by atoms with Gasteiger partial charge in [-0.3, -0.25) is 19.7 Å². The molecule has 34 heavy (non-hydrogen) atoms. The van der Waals surface area contributed by atoms with Crippen LogP contribution in [0.15, 0.2) is 36.4 Å². The molecule has 1 atom stereocenters. The molecule has 1 unspecified atom stereocenters. The number of carbonyl (C=O) groups excluding carboxylic acids is 2. The van der Waals surface area contributed by atoms with Gasteiger partial charge in [0.25, 0.3) is 5.69 Å². The van der Waals surface area contributed by atoms with E-state index in [1.165, 1.54) is 26.4 Å². The van der Waals surface area contributed by atoms with Gasteiger partial charge in [0.1, 0.15) is 11.5 Å². The van der Waals surface area contributed by atoms with Gasteiger partial charge in [-0.2, -0.15) is 0 Å². The molecule has 10 heteroatoms. The summed E-state index contributed by atoms with van der Waals surface area (Å²) in [5, 5.41) is 14.2. The Hall–Kier alpha value is -3.66. The third-order valence-electron chi connectivity index (χ3n) is 5.62. The van der Waals surface area contributed by atoms with E-state index >= 15 is 0 Å². The highest BCUT2D eigenvalue weighted by molar-refractivity contribution is 5.98. The number of nitro benzene ring substituents is 1. The smallest absolute Gasteiger partial charge is 0.269 e. The summed E-state index contributed by atoms with van der Waals surface area (Å²) in [4.78, 5) is 38.3. The van der Waals surface area contributed by atoms with Crippen LogP contribution in [0.2, 0.25) is 0 Å². The molecule has 0 saturated carbocycles. The summed E-state index contributed by atoms with van der Waals surface area (Å²) in [5.74, 6) is 0.612. The molecular formula is C24H29N3O7. The van der Waals surface area contributed by atoms with Crippen LogP contribution in [0.4, 0.5) is 11.4 Å². The number of carbonyl (C=O) groups is 2. The van der Waals surface area contributed by atoms with Gasteiger partial charge >= 0.3 is 0 Å². The highest BCUT2D eigenvalue weighted by Gasteiger charge is 2.33. The number of non-ortho nitro benzene ring substituents is 1. The van der Waals surface area contributed by atoms with Crippen LogP contribution in [0.1, 0.15) is 36.9 Å². The number of nitrogens with one attached hydrogen (secondary N) is 1. The number of ether oxygens (including phenoxy) is 3. The van der Waals surface area contributed by atoms with Gasteiger partial charge in [-0.25, -0.2) is 0 Å². The largest absolute Gasteiger partial charge is 0.497 e. The average molecular weight is 472 g/mol. The molecule has 2 aromatic rings. The van der Waals surface area contributed by atoms with Crippen molar-refractivity contribution in [3.05, 3.63) is 57.6 Å². The molecule has 3 rings (SSSR count). The van der Waals surface area contributed by atoms with E-state index in [-0.39, 0.29) is 30.3 Å². The molecule has 1 aliphatic rings. The lowest BCUT2D eigenvalue weighted by Crippen LogP contribution is -2.42. The fourth-order valence-corrected chi connectivity index (χ4v) is 3.99. The van der Waals surface area contributed by atoms with E-state index in [0.717, 1.165) is 0 Å². The second kappa shape index (κ2) is 11.5. The summed E-state index contributed by atoms with van der Waals surface area (Å²) in [7, 11) is 3.04. The van der Waals surface area contributed by atoms with Crippen molar-refractivity contribution in [1.29, 1.82) is 0 Å². The minimum Gasteiger partial charge on any atom is -0.497 e. The van der Waals surface area contributed by atoms with Gasteiger partial charge in [0.05, 0.1) is 38.0 Å². The van der Waals surface area contributed by atoms with Crippen molar-refractivity contribution < 1.29 is 28.7 Å². The van der Waals surface area contributed by atoms with Crippen LogP contribution < -0.4 is 19.7 Å². The van der Waals surface area contributed by atoms with E-state index in [0.29, 0.717) is 54.5 Å². The number of anilines is 1. The van der Waals surface area contributed by atoms with Gasteiger partial charge in [-0.05, 0) is 37.6 Å². The summed E-state index contributed by atoms with van der Waals surface area (Å²) in [6.07, 6.45) is 0.625. The Morgan fingerprint density at radius 3 is 2.68 bits per heavy atom. The Balaban J connectivity index is 1.84. The Morgan fingerprint density at radius 2 is 2.00 bits per heavy atom. The van der Waals surface area contributed by atoms with Crippen molar-refractivity contribution in [3.8, 4) is 11.5 Å². The molecule has 10 nitrogen and oxygen atoms in total. The van der Waals surface area contributed by atoms with Gasteiger partial charge in [-0.1, -0.05) is 0 Å². The predicted octanol–water partition coefficient (Wildman–Crippen LogP) is 3.18. The quantitative estimate of drug-likeness (QED) is 0.304. The minimum absolute atomic E-state index is 0.00376. The van der Waals surface area contributed by atoms with Gasteiger partial charge in [0, 0.05) is 48.7 Å². The van der Waals surface area contributed by atoms with Gasteiger partial charge in [-0.15, -0.1) is 0 Å². The van der Waals surface area contributed by atoms with E-state index < -0.39 is 11.0 Å². The van der Waals surface area contributed by atoms with Crippen molar-refractivity contribution in [2.75, 3.05) is 38.9 Å². The molecule has 1 N–H and O–H groups in total. The first kappa shape index (κ1) is 25.0. The molecule has 0 aliphatic carbocycles. The van der Waals surface area contributed by atoms with Gasteiger partial charge in [0.15, 0.2) is 0 Å². The number of amides is 2. The third kappa shape index (κ3) is 5.82. The van der Waals surface area contributed by atoms with E-state index in [4.69, 9.17) is 14.2 Å². The molecule has 0 saturated heterocycles. The summed E-state index contributed by atoms with van der Waals surface area (Å²) < 4.78 is 15.9. The molecule has 0 radical (unpaired) electrons. The van der Waals surface area contributed by atoms with Crippen molar-refractivity contribution in [2.45, 2.75) is 32.2 Å². The number of rotatable bonds is 11. The van der Waals surface area contributed by atoms with Crippen LogP contribution in [0, 0.1) is 10.1 Å². The van der Waals surface area contributed by atoms with Crippen molar-refractivity contribution >= 4 is 23.2 Å². The van der Waals surface area contributed by atoms with Crippen LogP contribution in [-0.2, 0) is 20.7 Å². The maximum atomic E-state index is 12.9. The lowest BCUT2D eigenvalue weighted by Gasteiger charge is -2.34.